The molecule has 0 aromatic carbocycles. The number of hydrogen-bond acceptors (Lipinski definition) is 5. The molecule has 0 radical (unpaired) electrons. The SMILES string of the molecule is CN(CCC(=O)Nc1ccsc1C(=O)O)Cc1n[nH]c2c1CCC2. The summed E-state index contributed by atoms with van der Waals surface area (Å²) < 4.78 is 0. The van der Waals surface area contributed by atoms with Gasteiger partial charge in [0.05, 0.1) is 11.4 Å². The highest BCUT2D eigenvalue weighted by molar-refractivity contribution is 7.12. The number of rotatable bonds is 7. The molecule has 1 aliphatic rings. The van der Waals surface area contributed by atoms with Crippen LogP contribution in [0, 0.1) is 0 Å². The van der Waals surface area contributed by atoms with Gasteiger partial charge < -0.3 is 10.4 Å². The lowest BCUT2D eigenvalue weighted by molar-refractivity contribution is -0.116. The summed E-state index contributed by atoms with van der Waals surface area (Å²) in [4.78, 5) is 25.3. The number of carboxylic acids is 1. The molecule has 0 unspecified atom stereocenters. The van der Waals surface area contributed by atoms with Crippen LogP contribution >= 0.6 is 11.3 Å². The first kappa shape index (κ1) is 16.7. The lowest BCUT2D eigenvalue weighted by Gasteiger charge is -2.15. The van der Waals surface area contributed by atoms with Gasteiger partial charge in [-0.25, -0.2) is 4.79 Å². The number of fused-ring (bicyclic) bond motifs is 1. The van der Waals surface area contributed by atoms with Gasteiger partial charge in [-0.1, -0.05) is 0 Å². The first-order chi connectivity index (χ1) is 11.5. The highest BCUT2D eigenvalue weighted by Crippen LogP contribution is 2.24. The van der Waals surface area contributed by atoms with Gasteiger partial charge >= 0.3 is 5.97 Å². The minimum atomic E-state index is -1.02. The topological polar surface area (TPSA) is 98.3 Å². The Hall–Kier alpha value is -2.19. The first-order valence-corrected chi connectivity index (χ1v) is 8.76. The van der Waals surface area contributed by atoms with Gasteiger partial charge in [-0.05, 0) is 43.3 Å². The first-order valence-electron chi connectivity index (χ1n) is 7.88. The number of aryl methyl sites for hydroxylation is 1. The fourth-order valence-corrected chi connectivity index (χ4v) is 3.62. The third-order valence-electron chi connectivity index (χ3n) is 4.17. The van der Waals surface area contributed by atoms with Crippen LogP contribution in [0.15, 0.2) is 11.4 Å². The van der Waals surface area contributed by atoms with Crippen LogP contribution in [-0.2, 0) is 24.2 Å². The second-order valence-corrected chi connectivity index (χ2v) is 6.90. The summed E-state index contributed by atoms with van der Waals surface area (Å²) in [7, 11) is 1.95. The molecule has 3 N–H and O–H groups in total. The largest absolute Gasteiger partial charge is 0.477 e. The van der Waals surface area contributed by atoms with Crippen LogP contribution in [0.25, 0.3) is 0 Å². The molecule has 128 valence electrons. The van der Waals surface area contributed by atoms with E-state index in [1.165, 1.54) is 17.7 Å². The average Bonchev–Trinajstić information content (AvgIpc) is 3.23. The number of aromatic amines is 1. The van der Waals surface area contributed by atoms with E-state index in [4.69, 9.17) is 5.11 Å². The van der Waals surface area contributed by atoms with Gasteiger partial charge in [0.1, 0.15) is 4.88 Å². The summed E-state index contributed by atoms with van der Waals surface area (Å²) in [5, 5.41) is 20.8. The Morgan fingerprint density at radius 1 is 1.46 bits per heavy atom. The number of anilines is 1. The Balaban J connectivity index is 1.49. The molecule has 0 spiro atoms. The number of carbonyl (C=O) groups excluding carboxylic acids is 1. The fourth-order valence-electron chi connectivity index (χ4n) is 2.93. The van der Waals surface area contributed by atoms with Crippen LogP contribution in [0.4, 0.5) is 5.69 Å². The van der Waals surface area contributed by atoms with E-state index in [1.54, 1.807) is 11.4 Å². The number of aromatic carboxylic acids is 1. The Labute approximate surface area is 143 Å². The summed E-state index contributed by atoms with van der Waals surface area (Å²) in [6.07, 6.45) is 3.62. The van der Waals surface area contributed by atoms with Crippen molar-refractivity contribution in [2.75, 3.05) is 18.9 Å². The molecule has 1 aliphatic carbocycles. The molecule has 2 aromatic rings. The minimum Gasteiger partial charge on any atom is -0.477 e. The molecule has 2 aromatic heterocycles. The molecule has 3 rings (SSSR count). The maximum atomic E-state index is 12.0. The Morgan fingerprint density at radius 2 is 2.29 bits per heavy atom. The van der Waals surface area contributed by atoms with Crippen molar-refractivity contribution in [3.05, 3.63) is 33.3 Å². The number of nitrogens with one attached hydrogen (secondary N) is 2. The Morgan fingerprint density at radius 3 is 3.08 bits per heavy atom. The van der Waals surface area contributed by atoms with E-state index in [0.717, 1.165) is 29.9 Å². The van der Waals surface area contributed by atoms with E-state index in [9.17, 15) is 9.59 Å². The number of carbonyl (C=O) groups is 2. The van der Waals surface area contributed by atoms with Crippen LogP contribution in [0.5, 0.6) is 0 Å². The summed E-state index contributed by atoms with van der Waals surface area (Å²) in [6.45, 7) is 1.29. The predicted octanol–water partition coefficient (Wildman–Crippen LogP) is 2.12. The van der Waals surface area contributed by atoms with E-state index in [0.29, 0.717) is 25.2 Å². The number of aromatic nitrogens is 2. The average molecular weight is 348 g/mol. The van der Waals surface area contributed by atoms with Gasteiger partial charge in [-0.15, -0.1) is 11.3 Å². The number of carboxylic acid groups (broad SMARTS) is 1. The molecule has 0 atom stereocenters. The molecular formula is C16H20N4O3S. The van der Waals surface area contributed by atoms with Gasteiger partial charge in [0.2, 0.25) is 5.91 Å². The van der Waals surface area contributed by atoms with E-state index >= 15 is 0 Å². The number of thiophene rings is 1. The Bertz CT molecular complexity index is 752. The van der Waals surface area contributed by atoms with E-state index in [1.807, 2.05) is 7.05 Å². The normalized spacial score (nSPS) is 13.2. The second-order valence-electron chi connectivity index (χ2n) is 5.99. The number of H-pyrrole nitrogens is 1. The van der Waals surface area contributed by atoms with Crippen molar-refractivity contribution in [3.63, 3.8) is 0 Å². The summed E-state index contributed by atoms with van der Waals surface area (Å²) in [5.74, 6) is -1.21. The van der Waals surface area contributed by atoms with Crippen molar-refractivity contribution >= 4 is 28.9 Å². The van der Waals surface area contributed by atoms with Gasteiger partial charge in [0, 0.05) is 25.2 Å². The van der Waals surface area contributed by atoms with Crippen molar-refractivity contribution in [2.24, 2.45) is 0 Å². The predicted molar refractivity (Wildman–Crippen MR) is 91.5 cm³/mol. The second kappa shape index (κ2) is 7.14. The van der Waals surface area contributed by atoms with Crippen LogP contribution in [0.2, 0.25) is 0 Å². The van der Waals surface area contributed by atoms with Gasteiger partial charge in [0.25, 0.3) is 0 Å². The van der Waals surface area contributed by atoms with Crippen molar-refractivity contribution in [1.29, 1.82) is 0 Å². The molecule has 2 heterocycles. The maximum absolute atomic E-state index is 12.0. The molecule has 0 fully saturated rings. The number of nitrogens with zero attached hydrogens (tertiary/aromatic N) is 2. The van der Waals surface area contributed by atoms with E-state index in [-0.39, 0.29) is 10.8 Å². The highest BCUT2D eigenvalue weighted by Gasteiger charge is 2.19. The van der Waals surface area contributed by atoms with Crippen molar-refractivity contribution in [1.82, 2.24) is 15.1 Å². The minimum absolute atomic E-state index is 0.156. The smallest absolute Gasteiger partial charge is 0.348 e. The molecule has 24 heavy (non-hydrogen) atoms. The van der Waals surface area contributed by atoms with E-state index < -0.39 is 5.97 Å². The molecule has 0 saturated heterocycles. The number of amides is 1. The van der Waals surface area contributed by atoms with Gasteiger partial charge in [-0.2, -0.15) is 5.10 Å². The molecule has 8 heteroatoms. The fraction of sp³-hybridized carbons (Fsp3) is 0.438. The van der Waals surface area contributed by atoms with Gasteiger partial charge in [0.15, 0.2) is 0 Å². The van der Waals surface area contributed by atoms with Crippen molar-refractivity contribution < 1.29 is 14.7 Å². The van der Waals surface area contributed by atoms with Crippen LogP contribution < -0.4 is 5.32 Å². The van der Waals surface area contributed by atoms with Crippen LogP contribution in [0.3, 0.4) is 0 Å². The number of hydrogen-bond donors (Lipinski definition) is 3. The standard InChI is InChI=1S/C16H20N4O3S/c1-20(9-13-10-3-2-4-11(10)18-19-13)7-5-14(21)17-12-6-8-24-15(12)16(22)23/h6,8H,2-5,7,9H2,1H3,(H,17,21)(H,18,19)(H,22,23). The van der Waals surface area contributed by atoms with Crippen LogP contribution in [-0.4, -0.2) is 45.7 Å². The monoisotopic (exact) mass is 348 g/mol. The Kier molecular flexibility index (Phi) is 4.96. The van der Waals surface area contributed by atoms with Crippen molar-refractivity contribution in [2.45, 2.75) is 32.2 Å². The third kappa shape index (κ3) is 3.65. The maximum Gasteiger partial charge on any atom is 0.348 e. The summed E-state index contributed by atoms with van der Waals surface area (Å²) in [5.41, 5.74) is 4.01. The zero-order valence-electron chi connectivity index (χ0n) is 13.5. The lowest BCUT2D eigenvalue weighted by Crippen LogP contribution is -2.24. The third-order valence-corrected chi connectivity index (χ3v) is 5.07. The van der Waals surface area contributed by atoms with Crippen molar-refractivity contribution in [3.8, 4) is 0 Å². The summed E-state index contributed by atoms with van der Waals surface area (Å²) in [6, 6.07) is 1.61. The van der Waals surface area contributed by atoms with Crippen LogP contribution in [0.1, 0.15) is 39.5 Å². The molecule has 7 nitrogen and oxygen atoms in total. The molecule has 0 aliphatic heterocycles. The van der Waals surface area contributed by atoms with Gasteiger partial charge in [-0.3, -0.25) is 14.8 Å². The zero-order chi connectivity index (χ0) is 17.1. The van der Waals surface area contributed by atoms with E-state index in [2.05, 4.69) is 20.4 Å². The molecule has 0 saturated carbocycles. The molecule has 1 amide bonds. The zero-order valence-corrected chi connectivity index (χ0v) is 14.3. The summed E-state index contributed by atoms with van der Waals surface area (Å²) >= 11 is 1.10. The molecule has 0 bridgehead atoms. The quantitative estimate of drug-likeness (QED) is 0.712. The lowest BCUT2D eigenvalue weighted by atomic mass is 10.2. The highest BCUT2D eigenvalue weighted by atomic mass is 32.1. The molecular weight excluding hydrogens is 328 g/mol.